The molecule has 0 saturated carbocycles. The summed E-state index contributed by atoms with van der Waals surface area (Å²) in [5.74, 6) is 1.83. The molecule has 0 saturated heterocycles. The summed E-state index contributed by atoms with van der Waals surface area (Å²) in [5, 5.41) is 14.8. The van der Waals surface area contributed by atoms with Crippen LogP contribution in [0.4, 0.5) is 11.5 Å². The minimum atomic E-state index is 0.733. The number of rotatable bonds is 2. The van der Waals surface area contributed by atoms with E-state index >= 15 is 0 Å². The zero-order chi connectivity index (χ0) is 12.8. The van der Waals surface area contributed by atoms with Crippen molar-refractivity contribution >= 4 is 11.5 Å². The second-order valence-corrected chi connectivity index (χ2v) is 4.66. The quantitative estimate of drug-likeness (QED) is 0.575. The largest absolute Gasteiger partial charge is 0.360 e. The molecule has 94 valence electrons. The van der Waals surface area contributed by atoms with Gasteiger partial charge in [0.1, 0.15) is 11.5 Å². The number of aromatic amines is 1. The molecule has 0 atom stereocenters. The molecule has 0 fully saturated rings. The Morgan fingerprint density at radius 1 is 1.26 bits per heavy atom. The fraction of sp³-hybridized carbons (Fsp3) is 0.143. The molecule has 2 heterocycles. The van der Waals surface area contributed by atoms with Crippen LogP contribution < -0.4 is 5.32 Å². The number of nitrogens with zero attached hydrogens (tertiary/aromatic N) is 2. The van der Waals surface area contributed by atoms with E-state index in [1.165, 1.54) is 0 Å². The fourth-order valence-corrected chi connectivity index (χ4v) is 2.51. The Kier molecular flexibility index (Phi) is 2.03. The molecule has 2 aromatic heterocycles. The van der Waals surface area contributed by atoms with Crippen LogP contribution in [-0.4, -0.2) is 15.4 Å². The van der Waals surface area contributed by atoms with Crippen molar-refractivity contribution in [1.82, 2.24) is 15.4 Å². The van der Waals surface area contributed by atoms with E-state index in [4.69, 9.17) is 4.52 Å². The van der Waals surface area contributed by atoms with Crippen molar-refractivity contribution in [1.29, 1.82) is 0 Å². The highest BCUT2D eigenvalue weighted by molar-refractivity contribution is 5.79. The van der Waals surface area contributed by atoms with Gasteiger partial charge in [0, 0.05) is 17.7 Å². The van der Waals surface area contributed by atoms with Gasteiger partial charge in [0.05, 0.1) is 11.3 Å². The third-order valence-electron chi connectivity index (χ3n) is 3.42. The lowest BCUT2D eigenvalue weighted by Gasteiger charge is -2.04. The number of hydrogen-bond acceptors (Lipinski definition) is 4. The van der Waals surface area contributed by atoms with E-state index in [2.05, 4.69) is 20.7 Å². The topological polar surface area (TPSA) is 66.7 Å². The number of aryl methyl sites for hydroxylation is 1. The standard InChI is InChI=1S/C14H12N4O/c1-8-12-11(19-18-8)7-10-13(12)16-17-14(10)15-9-5-3-2-4-6-9/h2-6H,7H2,1H3,(H2,15,16,17). The maximum Gasteiger partial charge on any atom is 0.151 e. The van der Waals surface area contributed by atoms with Gasteiger partial charge < -0.3 is 9.84 Å². The predicted molar refractivity (Wildman–Crippen MR) is 71.4 cm³/mol. The van der Waals surface area contributed by atoms with Crippen LogP contribution in [0, 0.1) is 6.92 Å². The molecule has 5 heteroatoms. The van der Waals surface area contributed by atoms with E-state index in [1.807, 2.05) is 37.3 Å². The van der Waals surface area contributed by atoms with Gasteiger partial charge in [-0.15, -0.1) is 0 Å². The first-order chi connectivity index (χ1) is 9.33. The van der Waals surface area contributed by atoms with Crippen LogP contribution in [0.25, 0.3) is 11.3 Å². The highest BCUT2D eigenvalue weighted by Gasteiger charge is 2.30. The van der Waals surface area contributed by atoms with Gasteiger partial charge in [0.15, 0.2) is 5.76 Å². The van der Waals surface area contributed by atoms with Gasteiger partial charge in [-0.3, -0.25) is 5.10 Å². The molecule has 4 rings (SSSR count). The monoisotopic (exact) mass is 252 g/mol. The Balaban J connectivity index is 1.74. The smallest absolute Gasteiger partial charge is 0.151 e. The number of para-hydroxylation sites is 1. The zero-order valence-corrected chi connectivity index (χ0v) is 10.4. The van der Waals surface area contributed by atoms with Crippen LogP contribution in [-0.2, 0) is 6.42 Å². The van der Waals surface area contributed by atoms with Crippen LogP contribution >= 0.6 is 0 Å². The summed E-state index contributed by atoms with van der Waals surface area (Å²) < 4.78 is 5.32. The number of anilines is 2. The van der Waals surface area contributed by atoms with Crippen LogP contribution in [0.5, 0.6) is 0 Å². The third-order valence-corrected chi connectivity index (χ3v) is 3.42. The molecular formula is C14H12N4O. The average Bonchev–Trinajstić information content (AvgIpc) is 3.06. The molecule has 0 unspecified atom stereocenters. The molecular weight excluding hydrogens is 240 g/mol. The summed E-state index contributed by atoms with van der Waals surface area (Å²) in [6, 6.07) is 10.0. The van der Waals surface area contributed by atoms with Crippen LogP contribution in [0.2, 0.25) is 0 Å². The fourth-order valence-electron chi connectivity index (χ4n) is 2.51. The van der Waals surface area contributed by atoms with Gasteiger partial charge >= 0.3 is 0 Å². The van der Waals surface area contributed by atoms with Crippen molar-refractivity contribution in [3.63, 3.8) is 0 Å². The van der Waals surface area contributed by atoms with Gasteiger partial charge in [0.25, 0.3) is 0 Å². The molecule has 0 radical (unpaired) electrons. The van der Waals surface area contributed by atoms with Gasteiger partial charge in [0.2, 0.25) is 0 Å². The van der Waals surface area contributed by atoms with E-state index in [9.17, 15) is 0 Å². The first-order valence-electron chi connectivity index (χ1n) is 6.18. The summed E-state index contributed by atoms with van der Waals surface area (Å²) in [4.78, 5) is 0. The molecule has 1 aromatic carbocycles. The van der Waals surface area contributed by atoms with Crippen molar-refractivity contribution in [3.05, 3.63) is 47.3 Å². The third kappa shape index (κ3) is 1.48. The lowest BCUT2D eigenvalue weighted by molar-refractivity contribution is 0.387. The lowest BCUT2D eigenvalue weighted by atomic mass is 10.2. The highest BCUT2D eigenvalue weighted by atomic mass is 16.5. The molecule has 3 aromatic rings. The Morgan fingerprint density at radius 3 is 2.95 bits per heavy atom. The molecule has 0 amide bonds. The van der Waals surface area contributed by atoms with E-state index in [-0.39, 0.29) is 0 Å². The normalized spacial score (nSPS) is 12.3. The maximum atomic E-state index is 5.32. The summed E-state index contributed by atoms with van der Waals surface area (Å²) in [6.45, 7) is 1.94. The lowest BCUT2D eigenvalue weighted by Crippen LogP contribution is -1.94. The number of fused-ring (bicyclic) bond motifs is 3. The summed E-state index contributed by atoms with van der Waals surface area (Å²) >= 11 is 0. The Bertz CT molecular complexity index is 742. The Labute approximate surface area is 109 Å². The zero-order valence-electron chi connectivity index (χ0n) is 10.4. The summed E-state index contributed by atoms with van der Waals surface area (Å²) in [5.41, 5.74) is 5.06. The minimum absolute atomic E-state index is 0.733. The van der Waals surface area contributed by atoms with E-state index in [1.54, 1.807) is 0 Å². The first kappa shape index (κ1) is 10.4. The summed E-state index contributed by atoms with van der Waals surface area (Å²) in [7, 11) is 0. The maximum absolute atomic E-state index is 5.32. The number of hydrogen-bond donors (Lipinski definition) is 2. The van der Waals surface area contributed by atoms with Gasteiger partial charge in [-0.05, 0) is 19.1 Å². The van der Waals surface area contributed by atoms with Gasteiger partial charge in [-0.2, -0.15) is 5.10 Å². The predicted octanol–water partition coefficient (Wildman–Crippen LogP) is 3.02. The van der Waals surface area contributed by atoms with Gasteiger partial charge in [-0.25, -0.2) is 0 Å². The number of aromatic nitrogens is 3. The SMILES string of the molecule is Cc1noc2c1-c1n[nH]c(Nc3ccccc3)c1C2. The molecule has 19 heavy (non-hydrogen) atoms. The Morgan fingerprint density at radius 2 is 2.11 bits per heavy atom. The molecule has 2 N–H and O–H groups in total. The average molecular weight is 252 g/mol. The van der Waals surface area contributed by atoms with Crippen molar-refractivity contribution in [3.8, 4) is 11.3 Å². The second-order valence-electron chi connectivity index (χ2n) is 4.66. The molecule has 1 aliphatic carbocycles. The van der Waals surface area contributed by atoms with E-state index in [0.29, 0.717) is 0 Å². The van der Waals surface area contributed by atoms with Crippen LogP contribution in [0.3, 0.4) is 0 Å². The molecule has 0 aliphatic heterocycles. The minimum Gasteiger partial charge on any atom is -0.360 e. The number of benzene rings is 1. The molecule has 0 bridgehead atoms. The number of H-pyrrole nitrogens is 1. The van der Waals surface area contributed by atoms with Crippen molar-refractivity contribution in [2.75, 3.05) is 5.32 Å². The van der Waals surface area contributed by atoms with Crippen LogP contribution in [0.15, 0.2) is 34.9 Å². The van der Waals surface area contributed by atoms with Crippen LogP contribution in [0.1, 0.15) is 17.0 Å². The summed E-state index contributed by atoms with van der Waals surface area (Å²) in [6.07, 6.45) is 0.733. The van der Waals surface area contributed by atoms with Crippen molar-refractivity contribution in [2.45, 2.75) is 13.3 Å². The number of nitrogens with one attached hydrogen (secondary N) is 2. The van der Waals surface area contributed by atoms with E-state index < -0.39 is 0 Å². The molecule has 1 aliphatic rings. The highest BCUT2D eigenvalue weighted by Crippen LogP contribution is 2.40. The van der Waals surface area contributed by atoms with Crippen molar-refractivity contribution in [2.24, 2.45) is 0 Å². The Hall–Kier alpha value is -2.56. The van der Waals surface area contributed by atoms with Crippen molar-refractivity contribution < 1.29 is 4.52 Å². The second kappa shape index (κ2) is 3.71. The van der Waals surface area contributed by atoms with Gasteiger partial charge in [-0.1, -0.05) is 23.4 Å². The molecule has 0 spiro atoms. The molecule has 5 nitrogen and oxygen atoms in total. The van der Waals surface area contributed by atoms with E-state index in [0.717, 1.165) is 46.2 Å². The first-order valence-corrected chi connectivity index (χ1v) is 6.18.